The molecule has 2 aromatic rings. The summed E-state index contributed by atoms with van der Waals surface area (Å²) >= 11 is 1.67. The lowest BCUT2D eigenvalue weighted by atomic mass is 10.1. The Bertz CT molecular complexity index is 698. The summed E-state index contributed by atoms with van der Waals surface area (Å²) in [6.07, 6.45) is 0.366. The fourth-order valence-electron chi connectivity index (χ4n) is 2.49. The minimum Gasteiger partial charge on any atom is -0.497 e. The predicted molar refractivity (Wildman–Crippen MR) is 100 cm³/mol. The standard InChI is InChI=1S/C19H24N2O3S/c1-21(2)16(18-8-5-11-25-18)13-20-19(23)10-9-17(22)14-6-4-7-15(12-14)24-3/h4-8,11-12,16H,9-10,13H2,1-3H3,(H,20,23). The molecule has 0 fully saturated rings. The number of nitrogens with one attached hydrogen (secondary N) is 1. The molecule has 0 aliphatic carbocycles. The molecule has 25 heavy (non-hydrogen) atoms. The summed E-state index contributed by atoms with van der Waals surface area (Å²) in [6, 6.07) is 11.2. The molecule has 1 aromatic carbocycles. The van der Waals surface area contributed by atoms with Crippen LogP contribution in [0.5, 0.6) is 5.75 Å². The number of thiophene rings is 1. The van der Waals surface area contributed by atoms with Crippen LogP contribution in [0.25, 0.3) is 0 Å². The lowest BCUT2D eigenvalue weighted by Crippen LogP contribution is -2.34. The van der Waals surface area contributed by atoms with E-state index >= 15 is 0 Å². The van der Waals surface area contributed by atoms with Crippen molar-refractivity contribution in [2.45, 2.75) is 18.9 Å². The molecule has 134 valence electrons. The van der Waals surface area contributed by atoms with Gasteiger partial charge in [0.05, 0.1) is 13.2 Å². The Labute approximate surface area is 152 Å². The van der Waals surface area contributed by atoms with E-state index in [0.717, 1.165) is 0 Å². The summed E-state index contributed by atoms with van der Waals surface area (Å²) in [5.74, 6) is 0.469. The first-order chi connectivity index (χ1) is 12.0. The monoisotopic (exact) mass is 360 g/mol. The number of Topliss-reactive ketones (excluding diaryl/α,β-unsaturated/α-hetero) is 1. The average Bonchev–Trinajstić information content (AvgIpc) is 3.13. The van der Waals surface area contributed by atoms with E-state index in [9.17, 15) is 9.59 Å². The summed E-state index contributed by atoms with van der Waals surface area (Å²) < 4.78 is 5.12. The van der Waals surface area contributed by atoms with Gasteiger partial charge in [0.15, 0.2) is 5.78 Å². The molecule has 0 radical (unpaired) electrons. The Morgan fingerprint density at radius 3 is 2.64 bits per heavy atom. The zero-order chi connectivity index (χ0) is 18.2. The number of ketones is 1. The van der Waals surface area contributed by atoms with Crippen LogP contribution in [0.4, 0.5) is 0 Å². The SMILES string of the molecule is COc1cccc(C(=O)CCC(=O)NCC(c2cccs2)N(C)C)c1. The number of likely N-dealkylation sites (N-methyl/N-ethyl adjacent to an activating group) is 1. The molecule has 5 nitrogen and oxygen atoms in total. The lowest BCUT2D eigenvalue weighted by molar-refractivity contribution is -0.121. The fourth-order valence-corrected chi connectivity index (χ4v) is 3.41. The molecule has 6 heteroatoms. The average molecular weight is 360 g/mol. The molecule has 0 saturated heterocycles. The van der Waals surface area contributed by atoms with Crippen molar-refractivity contribution in [3.63, 3.8) is 0 Å². The lowest BCUT2D eigenvalue weighted by Gasteiger charge is -2.23. The Morgan fingerprint density at radius 1 is 1.20 bits per heavy atom. The maximum atomic E-state index is 12.2. The van der Waals surface area contributed by atoms with Crippen LogP contribution < -0.4 is 10.1 Å². The summed E-state index contributed by atoms with van der Waals surface area (Å²) in [5, 5.41) is 4.96. The van der Waals surface area contributed by atoms with Gasteiger partial charge in [-0.2, -0.15) is 0 Å². The normalized spacial score (nSPS) is 12.0. The Morgan fingerprint density at radius 2 is 2.00 bits per heavy atom. The van der Waals surface area contributed by atoms with E-state index in [1.807, 2.05) is 25.5 Å². The third-order valence-electron chi connectivity index (χ3n) is 3.96. The molecule has 2 rings (SSSR count). The molecule has 0 saturated carbocycles. The van der Waals surface area contributed by atoms with Crippen molar-refractivity contribution in [3.05, 3.63) is 52.2 Å². The van der Waals surface area contributed by atoms with Crippen LogP contribution in [0.2, 0.25) is 0 Å². The third-order valence-corrected chi connectivity index (χ3v) is 4.93. The Kier molecular flexibility index (Phi) is 7.16. The van der Waals surface area contributed by atoms with Gasteiger partial charge < -0.3 is 15.0 Å². The van der Waals surface area contributed by atoms with Gasteiger partial charge in [0.2, 0.25) is 5.91 Å². The molecule has 1 unspecified atom stereocenters. The van der Waals surface area contributed by atoms with E-state index in [2.05, 4.69) is 16.3 Å². The molecule has 1 aromatic heterocycles. The van der Waals surface area contributed by atoms with Crippen LogP contribution >= 0.6 is 11.3 Å². The number of carbonyl (C=O) groups is 2. The highest BCUT2D eigenvalue weighted by molar-refractivity contribution is 7.10. The van der Waals surface area contributed by atoms with Crippen molar-refractivity contribution in [1.29, 1.82) is 0 Å². The molecule has 0 aliphatic rings. The summed E-state index contributed by atoms with van der Waals surface area (Å²) in [5.41, 5.74) is 0.567. The second-order valence-corrected chi connectivity index (χ2v) is 6.93. The molecule has 1 heterocycles. The number of nitrogens with zero attached hydrogens (tertiary/aromatic N) is 1. The van der Waals surface area contributed by atoms with E-state index in [-0.39, 0.29) is 30.6 Å². The van der Waals surface area contributed by atoms with Crippen molar-refractivity contribution in [3.8, 4) is 5.75 Å². The van der Waals surface area contributed by atoms with Crippen molar-refractivity contribution >= 4 is 23.0 Å². The predicted octanol–water partition coefficient (Wildman–Crippen LogP) is 3.14. The zero-order valence-corrected chi connectivity index (χ0v) is 15.6. The number of ether oxygens (including phenoxy) is 1. The number of hydrogen-bond donors (Lipinski definition) is 1. The van der Waals surface area contributed by atoms with Crippen molar-refractivity contribution in [2.24, 2.45) is 0 Å². The van der Waals surface area contributed by atoms with E-state index in [0.29, 0.717) is 17.9 Å². The van der Waals surface area contributed by atoms with Gasteiger partial charge in [-0.3, -0.25) is 9.59 Å². The smallest absolute Gasteiger partial charge is 0.220 e. The van der Waals surface area contributed by atoms with E-state index in [1.54, 1.807) is 42.7 Å². The van der Waals surface area contributed by atoms with Crippen molar-refractivity contribution in [2.75, 3.05) is 27.7 Å². The molecule has 0 aliphatic heterocycles. The van der Waals surface area contributed by atoms with Gasteiger partial charge >= 0.3 is 0 Å². The van der Waals surface area contributed by atoms with Crippen LogP contribution in [0.15, 0.2) is 41.8 Å². The van der Waals surface area contributed by atoms with Gasteiger partial charge in [0.25, 0.3) is 0 Å². The summed E-state index contributed by atoms with van der Waals surface area (Å²) in [6.45, 7) is 0.527. The van der Waals surface area contributed by atoms with Crippen LogP contribution in [0.1, 0.15) is 34.1 Å². The first kappa shape index (κ1) is 19.1. The van der Waals surface area contributed by atoms with Gasteiger partial charge in [-0.1, -0.05) is 18.2 Å². The van der Waals surface area contributed by atoms with Crippen LogP contribution in [0, 0.1) is 0 Å². The number of carbonyl (C=O) groups excluding carboxylic acids is 2. The van der Waals surface area contributed by atoms with Gasteiger partial charge in [0.1, 0.15) is 5.75 Å². The topological polar surface area (TPSA) is 58.6 Å². The highest BCUT2D eigenvalue weighted by atomic mass is 32.1. The van der Waals surface area contributed by atoms with Crippen LogP contribution in [-0.4, -0.2) is 44.3 Å². The minimum atomic E-state index is -0.111. The number of amides is 1. The largest absolute Gasteiger partial charge is 0.497 e. The van der Waals surface area contributed by atoms with Crippen LogP contribution in [0.3, 0.4) is 0 Å². The van der Waals surface area contributed by atoms with E-state index in [4.69, 9.17) is 4.74 Å². The first-order valence-electron chi connectivity index (χ1n) is 8.15. The first-order valence-corrected chi connectivity index (χ1v) is 9.03. The molecular weight excluding hydrogens is 336 g/mol. The minimum absolute atomic E-state index is 0.0588. The second-order valence-electron chi connectivity index (χ2n) is 5.95. The summed E-state index contributed by atoms with van der Waals surface area (Å²) in [4.78, 5) is 27.6. The maximum Gasteiger partial charge on any atom is 0.220 e. The van der Waals surface area contributed by atoms with Crippen molar-refractivity contribution in [1.82, 2.24) is 10.2 Å². The third kappa shape index (κ3) is 5.69. The number of hydrogen-bond acceptors (Lipinski definition) is 5. The fraction of sp³-hybridized carbons (Fsp3) is 0.368. The van der Waals surface area contributed by atoms with E-state index < -0.39 is 0 Å². The number of methoxy groups -OCH3 is 1. The van der Waals surface area contributed by atoms with Gasteiger partial charge in [-0.15, -0.1) is 11.3 Å². The van der Waals surface area contributed by atoms with Crippen LogP contribution in [-0.2, 0) is 4.79 Å². The zero-order valence-electron chi connectivity index (χ0n) is 14.8. The van der Waals surface area contributed by atoms with Crippen molar-refractivity contribution < 1.29 is 14.3 Å². The molecule has 1 atom stereocenters. The highest BCUT2D eigenvalue weighted by Crippen LogP contribution is 2.22. The van der Waals surface area contributed by atoms with Gasteiger partial charge in [-0.05, 0) is 37.7 Å². The molecular formula is C19H24N2O3S. The molecule has 1 N–H and O–H groups in total. The quantitative estimate of drug-likeness (QED) is 0.698. The highest BCUT2D eigenvalue weighted by Gasteiger charge is 2.17. The van der Waals surface area contributed by atoms with E-state index in [1.165, 1.54) is 4.88 Å². The Hall–Kier alpha value is -2.18. The van der Waals surface area contributed by atoms with Gasteiger partial charge in [-0.25, -0.2) is 0 Å². The molecule has 1 amide bonds. The second kappa shape index (κ2) is 9.34. The van der Waals surface area contributed by atoms with Gasteiger partial charge in [0, 0.05) is 29.8 Å². The maximum absolute atomic E-state index is 12.2. The number of benzene rings is 1. The summed E-state index contributed by atoms with van der Waals surface area (Å²) in [7, 11) is 5.54. The molecule has 0 spiro atoms. The molecule has 0 bridgehead atoms. The Balaban J connectivity index is 1.82. The number of rotatable bonds is 9.